The standard InChI is InChI=1S/C19H25N5O/c1-14(2)18-20-10-12-23(18)15(3)19(25)21-9-6-11-24-17-8-5-4-7-16(17)13-22-24/h4-5,7-8,10,12-15H,6,9,11H2,1-3H3,(H,21,25)/t15-/m1/s1. The molecule has 0 spiro atoms. The van der Waals surface area contributed by atoms with Crippen molar-refractivity contribution in [3.63, 3.8) is 0 Å². The van der Waals surface area contributed by atoms with Crippen LogP contribution in [0, 0.1) is 0 Å². The lowest BCUT2D eigenvalue weighted by Crippen LogP contribution is -2.32. The average Bonchev–Trinajstić information content (AvgIpc) is 3.25. The maximum atomic E-state index is 12.4. The maximum absolute atomic E-state index is 12.4. The predicted molar refractivity (Wildman–Crippen MR) is 98.4 cm³/mol. The molecule has 0 saturated heterocycles. The summed E-state index contributed by atoms with van der Waals surface area (Å²) in [6, 6.07) is 7.89. The number of hydrogen-bond acceptors (Lipinski definition) is 3. The summed E-state index contributed by atoms with van der Waals surface area (Å²) in [5.41, 5.74) is 1.13. The van der Waals surface area contributed by atoms with Crippen LogP contribution in [0.1, 0.15) is 45.0 Å². The van der Waals surface area contributed by atoms with Crippen molar-refractivity contribution in [1.82, 2.24) is 24.6 Å². The summed E-state index contributed by atoms with van der Waals surface area (Å²) in [4.78, 5) is 16.8. The summed E-state index contributed by atoms with van der Waals surface area (Å²) in [6.07, 6.45) is 6.34. The Morgan fingerprint density at radius 2 is 2.04 bits per heavy atom. The monoisotopic (exact) mass is 339 g/mol. The number of imidazole rings is 1. The number of fused-ring (bicyclic) bond motifs is 1. The fourth-order valence-electron chi connectivity index (χ4n) is 3.02. The van der Waals surface area contributed by atoms with Crippen molar-refractivity contribution >= 4 is 16.8 Å². The van der Waals surface area contributed by atoms with Crippen LogP contribution in [0.25, 0.3) is 10.9 Å². The largest absolute Gasteiger partial charge is 0.354 e. The zero-order valence-corrected chi connectivity index (χ0v) is 15.0. The van der Waals surface area contributed by atoms with E-state index in [9.17, 15) is 4.79 Å². The minimum absolute atomic E-state index is 0.0187. The number of amides is 1. The summed E-state index contributed by atoms with van der Waals surface area (Å²) >= 11 is 0. The maximum Gasteiger partial charge on any atom is 0.242 e. The van der Waals surface area contributed by atoms with E-state index in [0.717, 1.165) is 29.7 Å². The molecule has 0 aliphatic carbocycles. The van der Waals surface area contributed by atoms with Gasteiger partial charge >= 0.3 is 0 Å². The van der Waals surface area contributed by atoms with Crippen molar-refractivity contribution in [2.45, 2.75) is 45.7 Å². The quantitative estimate of drug-likeness (QED) is 0.673. The van der Waals surface area contributed by atoms with Crippen molar-refractivity contribution in [3.05, 3.63) is 48.7 Å². The Bertz CT molecular complexity index is 848. The van der Waals surface area contributed by atoms with Crippen LogP contribution in [0.5, 0.6) is 0 Å². The van der Waals surface area contributed by atoms with E-state index in [0.29, 0.717) is 12.5 Å². The van der Waals surface area contributed by atoms with E-state index in [-0.39, 0.29) is 11.9 Å². The van der Waals surface area contributed by atoms with Crippen LogP contribution in [0.3, 0.4) is 0 Å². The lowest BCUT2D eigenvalue weighted by Gasteiger charge is -2.17. The molecule has 0 unspecified atom stereocenters. The summed E-state index contributed by atoms with van der Waals surface area (Å²) in [5, 5.41) is 8.57. The molecule has 0 aliphatic rings. The molecular formula is C19H25N5O. The summed E-state index contributed by atoms with van der Waals surface area (Å²) in [7, 11) is 0. The van der Waals surface area contributed by atoms with Gasteiger partial charge in [-0.25, -0.2) is 4.98 Å². The Morgan fingerprint density at radius 3 is 2.84 bits per heavy atom. The van der Waals surface area contributed by atoms with Gasteiger partial charge in [-0.3, -0.25) is 9.48 Å². The molecule has 2 aromatic heterocycles. The van der Waals surface area contributed by atoms with Gasteiger partial charge in [-0.05, 0) is 19.4 Å². The van der Waals surface area contributed by atoms with E-state index in [1.807, 2.05) is 40.7 Å². The Kier molecular flexibility index (Phi) is 5.16. The molecule has 132 valence electrons. The molecule has 25 heavy (non-hydrogen) atoms. The molecule has 6 nitrogen and oxygen atoms in total. The second-order valence-corrected chi connectivity index (χ2v) is 6.59. The molecule has 3 rings (SSSR count). The van der Waals surface area contributed by atoms with Crippen molar-refractivity contribution in [3.8, 4) is 0 Å². The van der Waals surface area contributed by atoms with Crippen LogP contribution in [-0.4, -0.2) is 31.8 Å². The number of nitrogens with zero attached hydrogens (tertiary/aromatic N) is 4. The van der Waals surface area contributed by atoms with E-state index in [1.54, 1.807) is 6.20 Å². The molecule has 0 bridgehead atoms. The van der Waals surface area contributed by atoms with E-state index in [4.69, 9.17) is 0 Å². The third-order valence-electron chi connectivity index (χ3n) is 4.41. The molecule has 1 N–H and O–H groups in total. The number of carbonyl (C=O) groups is 1. The van der Waals surface area contributed by atoms with E-state index in [1.165, 1.54) is 0 Å². The smallest absolute Gasteiger partial charge is 0.242 e. The zero-order valence-electron chi connectivity index (χ0n) is 15.0. The highest BCUT2D eigenvalue weighted by Crippen LogP contribution is 2.17. The van der Waals surface area contributed by atoms with Crippen molar-refractivity contribution < 1.29 is 4.79 Å². The topological polar surface area (TPSA) is 64.7 Å². The van der Waals surface area contributed by atoms with Crippen molar-refractivity contribution in [2.75, 3.05) is 6.54 Å². The summed E-state index contributed by atoms with van der Waals surface area (Å²) in [5.74, 6) is 1.24. The first-order valence-electron chi connectivity index (χ1n) is 8.79. The van der Waals surface area contributed by atoms with Crippen LogP contribution in [0.4, 0.5) is 0 Å². The molecule has 1 atom stereocenters. The second kappa shape index (κ2) is 7.51. The summed E-state index contributed by atoms with van der Waals surface area (Å²) in [6.45, 7) is 7.48. The minimum atomic E-state index is -0.259. The molecule has 0 radical (unpaired) electrons. The lowest BCUT2D eigenvalue weighted by molar-refractivity contribution is -0.123. The molecule has 2 heterocycles. The fourth-order valence-corrected chi connectivity index (χ4v) is 3.02. The van der Waals surface area contributed by atoms with Gasteiger partial charge in [0.1, 0.15) is 11.9 Å². The SMILES string of the molecule is CC(C)c1nccn1[C@H](C)C(=O)NCCCn1ncc2ccccc21. The second-order valence-electron chi connectivity index (χ2n) is 6.59. The summed E-state index contributed by atoms with van der Waals surface area (Å²) < 4.78 is 3.93. The molecule has 1 amide bonds. The first-order chi connectivity index (χ1) is 12.1. The van der Waals surface area contributed by atoms with Gasteiger partial charge in [-0.15, -0.1) is 0 Å². The average molecular weight is 339 g/mol. The molecule has 3 aromatic rings. The van der Waals surface area contributed by atoms with Crippen molar-refractivity contribution in [2.24, 2.45) is 0 Å². The Labute approximate surface area is 147 Å². The van der Waals surface area contributed by atoms with Gasteiger partial charge in [-0.1, -0.05) is 32.0 Å². The Balaban J connectivity index is 1.51. The van der Waals surface area contributed by atoms with Gasteiger partial charge in [0.2, 0.25) is 5.91 Å². The van der Waals surface area contributed by atoms with Gasteiger partial charge in [0.15, 0.2) is 0 Å². The van der Waals surface area contributed by atoms with E-state index >= 15 is 0 Å². The van der Waals surface area contributed by atoms with Gasteiger partial charge in [0.05, 0.1) is 11.7 Å². The van der Waals surface area contributed by atoms with Crippen LogP contribution >= 0.6 is 0 Å². The number of hydrogen-bond donors (Lipinski definition) is 1. The zero-order chi connectivity index (χ0) is 17.8. The minimum Gasteiger partial charge on any atom is -0.354 e. The number of aryl methyl sites for hydroxylation is 1. The number of rotatable bonds is 7. The number of carbonyl (C=O) groups excluding carboxylic acids is 1. The first kappa shape index (κ1) is 17.2. The lowest BCUT2D eigenvalue weighted by atomic mass is 10.2. The van der Waals surface area contributed by atoms with Crippen LogP contribution < -0.4 is 5.32 Å². The number of nitrogens with one attached hydrogen (secondary N) is 1. The Morgan fingerprint density at radius 1 is 1.24 bits per heavy atom. The number of aromatic nitrogens is 4. The fraction of sp³-hybridized carbons (Fsp3) is 0.421. The van der Waals surface area contributed by atoms with Gasteiger partial charge < -0.3 is 9.88 Å². The molecule has 0 aliphatic heterocycles. The number of benzene rings is 1. The predicted octanol–water partition coefficient (Wildman–Crippen LogP) is 3.12. The number of para-hydroxylation sites is 1. The van der Waals surface area contributed by atoms with Gasteiger partial charge in [-0.2, -0.15) is 5.10 Å². The molecule has 1 aromatic carbocycles. The Hall–Kier alpha value is -2.63. The van der Waals surface area contributed by atoms with Crippen LogP contribution in [0.15, 0.2) is 42.9 Å². The first-order valence-corrected chi connectivity index (χ1v) is 8.79. The highest BCUT2D eigenvalue weighted by molar-refractivity contribution is 5.80. The van der Waals surface area contributed by atoms with Crippen molar-refractivity contribution in [1.29, 1.82) is 0 Å². The van der Waals surface area contributed by atoms with Gasteiger partial charge in [0, 0.05) is 36.8 Å². The van der Waals surface area contributed by atoms with E-state index in [2.05, 4.69) is 41.4 Å². The highest BCUT2D eigenvalue weighted by atomic mass is 16.2. The highest BCUT2D eigenvalue weighted by Gasteiger charge is 2.18. The molecule has 0 saturated carbocycles. The molecular weight excluding hydrogens is 314 g/mol. The third-order valence-corrected chi connectivity index (χ3v) is 4.41. The third kappa shape index (κ3) is 3.73. The van der Waals surface area contributed by atoms with Gasteiger partial charge in [0.25, 0.3) is 0 Å². The van der Waals surface area contributed by atoms with Crippen LogP contribution in [0.2, 0.25) is 0 Å². The molecule has 0 fully saturated rings. The van der Waals surface area contributed by atoms with E-state index < -0.39 is 0 Å². The van der Waals surface area contributed by atoms with Crippen LogP contribution in [-0.2, 0) is 11.3 Å². The molecule has 6 heteroatoms. The normalized spacial score (nSPS) is 12.6.